The third kappa shape index (κ3) is 4.80. The van der Waals surface area contributed by atoms with Gasteiger partial charge < -0.3 is 15.1 Å². The first-order valence-corrected chi connectivity index (χ1v) is 13.4. The molecular weight excluding hydrogens is 428 g/mol. The van der Waals surface area contributed by atoms with Crippen LogP contribution >= 0.6 is 0 Å². The molecule has 3 fully saturated rings. The number of anilines is 2. The molecule has 3 aliphatic heterocycles. The normalized spacial score (nSPS) is 23.7. The van der Waals surface area contributed by atoms with Gasteiger partial charge in [0.1, 0.15) is 12.6 Å². The van der Waals surface area contributed by atoms with E-state index in [-0.39, 0.29) is 36.3 Å². The third-order valence-electron chi connectivity index (χ3n) is 8.04. The van der Waals surface area contributed by atoms with Crippen molar-refractivity contribution in [3.8, 4) is 0 Å². The van der Waals surface area contributed by atoms with Crippen molar-refractivity contribution in [3.05, 3.63) is 23.8 Å². The van der Waals surface area contributed by atoms with Crippen LogP contribution in [-0.4, -0.2) is 60.9 Å². The lowest BCUT2D eigenvalue weighted by Gasteiger charge is -2.45. The minimum atomic E-state index is -0.212. The molecule has 1 aromatic carbocycles. The van der Waals surface area contributed by atoms with Crippen molar-refractivity contribution in [1.82, 2.24) is 10.2 Å². The lowest BCUT2D eigenvalue weighted by Crippen LogP contribution is -2.57. The van der Waals surface area contributed by atoms with Gasteiger partial charge in [-0.2, -0.15) is 0 Å². The molecule has 1 aliphatic carbocycles. The second-order valence-corrected chi connectivity index (χ2v) is 10.4. The number of carbonyl (C=O) groups excluding carboxylic acids is 3. The van der Waals surface area contributed by atoms with Crippen LogP contribution in [0.3, 0.4) is 0 Å². The van der Waals surface area contributed by atoms with Gasteiger partial charge in [-0.25, -0.2) is 0 Å². The Kier molecular flexibility index (Phi) is 7.07. The summed E-state index contributed by atoms with van der Waals surface area (Å²) >= 11 is 0. The molecule has 0 aromatic heterocycles. The molecule has 1 unspecified atom stereocenters. The van der Waals surface area contributed by atoms with E-state index in [2.05, 4.69) is 10.2 Å². The summed E-state index contributed by atoms with van der Waals surface area (Å²) in [4.78, 5) is 45.5. The molecular formula is C27H38N4O3. The SMILES string of the molecule is O=C(CN1C(=O)C2CCCCN2c2ccc(C(=O)N3CCCC3)cc21)NC1CCCCCCC1. The standard InChI is InChI=1S/C27H38N4O3/c32-25(28-21-10-4-2-1-3-5-11-21)19-31-24-18-20(26(33)29-15-8-9-16-29)13-14-22(24)30-17-7-6-12-23(30)27(31)34/h13-14,18,21,23H,1-12,15-17,19H2,(H,28,32). The van der Waals surface area contributed by atoms with Gasteiger partial charge in [0.05, 0.1) is 11.4 Å². The van der Waals surface area contributed by atoms with Gasteiger partial charge >= 0.3 is 0 Å². The van der Waals surface area contributed by atoms with Crippen molar-refractivity contribution in [1.29, 1.82) is 0 Å². The zero-order valence-electron chi connectivity index (χ0n) is 20.3. The van der Waals surface area contributed by atoms with Crippen LogP contribution in [0.5, 0.6) is 0 Å². The number of nitrogens with one attached hydrogen (secondary N) is 1. The molecule has 0 radical (unpaired) electrons. The largest absolute Gasteiger partial charge is 0.358 e. The summed E-state index contributed by atoms with van der Waals surface area (Å²) in [7, 11) is 0. The van der Waals surface area contributed by atoms with E-state index in [4.69, 9.17) is 0 Å². The quantitative estimate of drug-likeness (QED) is 0.731. The Balaban J connectivity index is 1.39. The van der Waals surface area contributed by atoms with Gasteiger partial charge in [-0.1, -0.05) is 32.1 Å². The van der Waals surface area contributed by atoms with Gasteiger partial charge in [-0.3, -0.25) is 19.3 Å². The molecule has 2 saturated heterocycles. The van der Waals surface area contributed by atoms with Gasteiger partial charge in [0.15, 0.2) is 0 Å². The summed E-state index contributed by atoms with van der Waals surface area (Å²) < 4.78 is 0. The highest BCUT2D eigenvalue weighted by Crippen LogP contribution is 2.40. The van der Waals surface area contributed by atoms with Gasteiger partial charge in [-0.05, 0) is 63.1 Å². The Bertz CT molecular complexity index is 918. The van der Waals surface area contributed by atoms with Crippen LogP contribution in [0.4, 0.5) is 11.4 Å². The summed E-state index contributed by atoms with van der Waals surface area (Å²) in [6, 6.07) is 5.72. The van der Waals surface area contributed by atoms with E-state index in [1.807, 2.05) is 23.1 Å². The summed E-state index contributed by atoms with van der Waals surface area (Å²) in [5.41, 5.74) is 2.29. The number of carbonyl (C=O) groups is 3. The van der Waals surface area contributed by atoms with Crippen molar-refractivity contribution in [2.24, 2.45) is 0 Å². The van der Waals surface area contributed by atoms with E-state index in [0.29, 0.717) is 11.3 Å². The highest BCUT2D eigenvalue weighted by molar-refractivity contribution is 6.09. The van der Waals surface area contributed by atoms with Gasteiger partial charge in [-0.15, -0.1) is 0 Å². The first kappa shape index (κ1) is 23.2. The maximum atomic E-state index is 13.6. The lowest BCUT2D eigenvalue weighted by molar-refractivity contribution is -0.125. The molecule has 1 N–H and O–H groups in total. The Labute approximate surface area is 202 Å². The van der Waals surface area contributed by atoms with Crippen LogP contribution in [0.15, 0.2) is 18.2 Å². The molecule has 7 heteroatoms. The smallest absolute Gasteiger partial charge is 0.253 e. The summed E-state index contributed by atoms with van der Waals surface area (Å²) in [6.45, 7) is 2.44. The molecule has 4 aliphatic rings. The van der Waals surface area contributed by atoms with Crippen LogP contribution in [0, 0.1) is 0 Å². The number of likely N-dealkylation sites (tertiary alicyclic amines) is 1. The molecule has 1 saturated carbocycles. The van der Waals surface area contributed by atoms with Crippen molar-refractivity contribution in [2.45, 2.75) is 89.1 Å². The second kappa shape index (κ2) is 10.4. The van der Waals surface area contributed by atoms with Gasteiger partial charge in [0, 0.05) is 31.2 Å². The zero-order valence-corrected chi connectivity index (χ0v) is 20.3. The van der Waals surface area contributed by atoms with E-state index < -0.39 is 0 Å². The Morgan fingerprint density at radius 3 is 2.26 bits per heavy atom. The van der Waals surface area contributed by atoms with E-state index in [1.165, 1.54) is 19.3 Å². The van der Waals surface area contributed by atoms with Crippen molar-refractivity contribution < 1.29 is 14.4 Å². The molecule has 7 nitrogen and oxygen atoms in total. The fraction of sp³-hybridized carbons (Fsp3) is 0.667. The minimum absolute atomic E-state index is 0.00853. The fourth-order valence-corrected chi connectivity index (χ4v) is 6.17. The molecule has 3 amide bonds. The predicted octanol–water partition coefficient (Wildman–Crippen LogP) is 3.86. The topological polar surface area (TPSA) is 73.0 Å². The van der Waals surface area contributed by atoms with Crippen molar-refractivity contribution in [3.63, 3.8) is 0 Å². The van der Waals surface area contributed by atoms with Gasteiger partial charge in [0.25, 0.3) is 5.91 Å². The predicted molar refractivity (Wildman–Crippen MR) is 133 cm³/mol. The highest BCUT2D eigenvalue weighted by atomic mass is 16.2. The van der Waals surface area contributed by atoms with Gasteiger partial charge in [0.2, 0.25) is 11.8 Å². The molecule has 1 atom stereocenters. The zero-order chi connectivity index (χ0) is 23.5. The van der Waals surface area contributed by atoms with Crippen molar-refractivity contribution >= 4 is 29.1 Å². The first-order valence-electron chi connectivity index (χ1n) is 13.4. The number of hydrogen-bond donors (Lipinski definition) is 1. The molecule has 0 bridgehead atoms. The Morgan fingerprint density at radius 1 is 0.824 bits per heavy atom. The number of amides is 3. The number of rotatable bonds is 4. The minimum Gasteiger partial charge on any atom is -0.358 e. The maximum Gasteiger partial charge on any atom is 0.253 e. The molecule has 3 heterocycles. The average Bonchev–Trinajstić information content (AvgIpc) is 3.38. The monoisotopic (exact) mass is 466 g/mol. The number of fused-ring (bicyclic) bond motifs is 3. The third-order valence-corrected chi connectivity index (χ3v) is 8.04. The van der Waals surface area contributed by atoms with Crippen LogP contribution in [0.1, 0.15) is 87.4 Å². The first-order chi connectivity index (χ1) is 16.6. The maximum absolute atomic E-state index is 13.6. The van der Waals surface area contributed by atoms with Crippen LogP contribution < -0.4 is 15.1 Å². The van der Waals surface area contributed by atoms with E-state index in [1.54, 1.807) is 4.90 Å². The Hall–Kier alpha value is -2.57. The van der Waals surface area contributed by atoms with Crippen LogP contribution in [-0.2, 0) is 9.59 Å². The number of piperidine rings is 1. The Morgan fingerprint density at radius 2 is 1.50 bits per heavy atom. The van der Waals surface area contributed by atoms with E-state index in [0.717, 1.165) is 83.1 Å². The second-order valence-electron chi connectivity index (χ2n) is 10.4. The molecule has 1 aromatic rings. The fourth-order valence-electron chi connectivity index (χ4n) is 6.17. The number of hydrogen-bond acceptors (Lipinski definition) is 4. The van der Waals surface area contributed by atoms with Crippen LogP contribution in [0.2, 0.25) is 0 Å². The lowest BCUT2D eigenvalue weighted by atomic mass is 9.95. The van der Waals surface area contributed by atoms with Crippen LogP contribution in [0.25, 0.3) is 0 Å². The molecule has 5 rings (SSSR count). The molecule has 184 valence electrons. The summed E-state index contributed by atoms with van der Waals surface area (Å²) in [6.07, 6.45) is 13.0. The van der Waals surface area contributed by atoms with E-state index in [9.17, 15) is 14.4 Å². The summed E-state index contributed by atoms with van der Waals surface area (Å²) in [5, 5.41) is 3.22. The van der Waals surface area contributed by atoms with Crippen molar-refractivity contribution in [2.75, 3.05) is 36.0 Å². The van der Waals surface area contributed by atoms with E-state index >= 15 is 0 Å². The molecule has 0 spiro atoms. The summed E-state index contributed by atoms with van der Waals surface area (Å²) in [5.74, 6) is -0.0800. The number of benzene rings is 1. The average molecular weight is 467 g/mol. The highest BCUT2D eigenvalue weighted by Gasteiger charge is 2.40. The number of nitrogens with zero attached hydrogens (tertiary/aromatic N) is 3. The molecule has 34 heavy (non-hydrogen) atoms.